The number of rotatable bonds is 11. The van der Waals surface area contributed by atoms with Crippen molar-refractivity contribution in [1.29, 1.82) is 0 Å². The second-order valence-corrected chi connectivity index (χ2v) is 9.70. The molecule has 0 aromatic carbocycles. The standard InChI is InChI=1S/C25H39NO9/c1-13(34-25-23(32)22(31)20(29)17(12-27)35-25)8-6-4-5-7-9-15-10-11-16(28)19-18(15)21(30)24(33-3)14(2)26-19/h13,15,17,20,22-23,25,27,29,31-32H,4-12H2,1-3H3,(H,26,30). The van der Waals surface area contributed by atoms with Crippen molar-refractivity contribution in [1.82, 2.24) is 4.98 Å². The van der Waals surface area contributed by atoms with E-state index in [1.54, 1.807) is 6.92 Å². The smallest absolute Gasteiger partial charge is 0.227 e. The molecule has 35 heavy (non-hydrogen) atoms. The number of pyridine rings is 1. The number of aliphatic hydroxyl groups is 4. The van der Waals surface area contributed by atoms with Crippen molar-refractivity contribution in [3.8, 4) is 5.75 Å². The fourth-order valence-corrected chi connectivity index (χ4v) is 5.09. The molecule has 0 saturated carbocycles. The molecule has 1 saturated heterocycles. The number of carbonyl (C=O) groups excluding carboxylic acids is 1. The lowest BCUT2D eigenvalue weighted by Gasteiger charge is -2.40. The van der Waals surface area contributed by atoms with Crippen LogP contribution in [-0.4, -0.2) is 81.7 Å². The number of ether oxygens (including phenoxy) is 3. The number of hydrogen-bond donors (Lipinski definition) is 5. The highest BCUT2D eigenvalue weighted by atomic mass is 16.7. The summed E-state index contributed by atoms with van der Waals surface area (Å²) < 4.78 is 16.4. The van der Waals surface area contributed by atoms with Gasteiger partial charge in [0.2, 0.25) is 5.43 Å². The lowest BCUT2D eigenvalue weighted by Crippen LogP contribution is -2.59. The number of aliphatic hydroxyl groups excluding tert-OH is 4. The average Bonchev–Trinajstić information content (AvgIpc) is 2.83. The van der Waals surface area contributed by atoms with Crippen LogP contribution in [0.25, 0.3) is 0 Å². The molecular weight excluding hydrogens is 458 g/mol. The quantitative estimate of drug-likeness (QED) is 0.284. The zero-order valence-electron chi connectivity index (χ0n) is 20.7. The van der Waals surface area contributed by atoms with Crippen molar-refractivity contribution < 1.29 is 39.4 Å². The first-order chi connectivity index (χ1) is 16.7. The summed E-state index contributed by atoms with van der Waals surface area (Å²) in [4.78, 5) is 28.4. The number of unbranched alkanes of at least 4 members (excludes halogenated alkanes) is 3. The first kappa shape index (κ1) is 27.8. The van der Waals surface area contributed by atoms with Gasteiger partial charge in [-0.1, -0.05) is 25.7 Å². The first-order valence-corrected chi connectivity index (χ1v) is 12.5. The van der Waals surface area contributed by atoms with Crippen LogP contribution in [0.5, 0.6) is 5.75 Å². The van der Waals surface area contributed by atoms with Crippen LogP contribution < -0.4 is 10.2 Å². The Labute approximate surface area is 205 Å². The van der Waals surface area contributed by atoms with Gasteiger partial charge in [-0.25, -0.2) is 0 Å². The van der Waals surface area contributed by atoms with Crippen molar-refractivity contribution in [2.24, 2.45) is 0 Å². The second kappa shape index (κ2) is 12.4. The topological polar surface area (TPSA) is 159 Å². The van der Waals surface area contributed by atoms with E-state index >= 15 is 0 Å². The summed E-state index contributed by atoms with van der Waals surface area (Å²) >= 11 is 0. The summed E-state index contributed by atoms with van der Waals surface area (Å²) in [5, 5.41) is 39.1. The van der Waals surface area contributed by atoms with Gasteiger partial charge in [0.1, 0.15) is 24.4 Å². The summed E-state index contributed by atoms with van der Waals surface area (Å²) in [5.41, 5.74) is 1.38. The van der Waals surface area contributed by atoms with Crippen LogP contribution in [0.2, 0.25) is 0 Å². The lowest BCUT2D eigenvalue weighted by atomic mass is 9.81. The third-order valence-electron chi connectivity index (χ3n) is 7.11. The SMILES string of the molecule is COc1c(C)[nH]c2c(c1=O)C(CCCCCCC(C)OC1OC(CO)C(O)C(O)C1O)CCC2=O. The van der Waals surface area contributed by atoms with Crippen molar-refractivity contribution in [3.05, 3.63) is 27.2 Å². The van der Waals surface area contributed by atoms with Crippen LogP contribution in [0.15, 0.2) is 4.79 Å². The maximum atomic E-state index is 12.9. The molecule has 198 valence electrons. The minimum absolute atomic E-state index is 0.0208. The number of hydrogen-bond acceptors (Lipinski definition) is 9. The average molecular weight is 498 g/mol. The zero-order valence-corrected chi connectivity index (χ0v) is 20.7. The Morgan fingerprint density at radius 1 is 1.09 bits per heavy atom. The van der Waals surface area contributed by atoms with E-state index in [0.717, 1.165) is 32.1 Å². The third kappa shape index (κ3) is 6.31. The van der Waals surface area contributed by atoms with Crippen LogP contribution >= 0.6 is 0 Å². The Morgan fingerprint density at radius 3 is 2.49 bits per heavy atom. The Morgan fingerprint density at radius 2 is 1.80 bits per heavy atom. The molecule has 5 N–H and O–H groups in total. The Bertz CT molecular complexity index is 915. The van der Waals surface area contributed by atoms with Crippen LogP contribution in [0.1, 0.15) is 86.0 Å². The molecule has 1 aliphatic heterocycles. The number of aryl methyl sites for hydroxylation is 1. The molecule has 2 heterocycles. The fourth-order valence-electron chi connectivity index (χ4n) is 5.09. The second-order valence-electron chi connectivity index (χ2n) is 9.70. The van der Waals surface area contributed by atoms with Gasteiger partial charge in [-0.05, 0) is 39.0 Å². The molecule has 0 amide bonds. The largest absolute Gasteiger partial charge is 0.491 e. The molecular formula is C25H39NO9. The molecule has 10 nitrogen and oxygen atoms in total. The molecule has 10 heteroatoms. The summed E-state index contributed by atoms with van der Waals surface area (Å²) in [6.45, 7) is 3.09. The highest BCUT2D eigenvalue weighted by molar-refractivity contribution is 5.97. The molecule has 0 spiro atoms. The number of methoxy groups -OCH3 is 1. The van der Waals surface area contributed by atoms with Crippen LogP contribution in [-0.2, 0) is 9.47 Å². The molecule has 1 aromatic heterocycles. The molecule has 1 fully saturated rings. The van der Waals surface area contributed by atoms with E-state index in [9.17, 15) is 30.0 Å². The van der Waals surface area contributed by atoms with Gasteiger partial charge in [-0.15, -0.1) is 0 Å². The van der Waals surface area contributed by atoms with E-state index in [0.29, 0.717) is 36.2 Å². The highest BCUT2D eigenvalue weighted by Gasteiger charge is 2.44. The van der Waals surface area contributed by atoms with Crippen molar-refractivity contribution >= 4 is 5.78 Å². The van der Waals surface area contributed by atoms with Crippen LogP contribution in [0.3, 0.4) is 0 Å². The molecule has 3 rings (SSSR count). The summed E-state index contributed by atoms with van der Waals surface area (Å²) in [6, 6.07) is 0. The molecule has 1 aliphatic carbocycles. The maximum absolute atomic E-state index is 12.9. The van der Waals surface area contributed by atoms with Gasteiger partial charge in [-0.2, -0.15) is 0 Å². The van der Waals surface area contributed by atoms with Gasteiger partial charge < -0.3 is 39.6 Å². The first-order valence-electron chi connectivity index (χ1n) is 12.5. The Hall–Kier alpha value is -1.82. The normalized spacial score (nSPS) is 29.6. The van der Waals surface area contributed by atoms with E-state index in [2.05, 4.69) is 4.98 Å². The predicted octanol–water partition coefficient (Wildman–Crippen LogP) is 1.30. The monoisotopic (exact) mass is 497 g/mol. The van der Waals surface area contributed by atoms with E-state index in [1.807, 2.05) is 6.92 Å². The summed E-state index contributed by atoms with van der Waals surface area (Å²) in [5.74, 6) is 0.290. The maximum Gasteiger partial charge on any atom is 0.227 e. The van der Waals surface area contributed by atoms with E-state index in [-0.39, 0.29) is 29.0 Å². The molecule has 7 atom stereocenters. The van der Waals surface area contributed by atoms with Gasteiger partial charge in [0.05, 0.1) is 31.2 Å². The van der Waals surface area contributed by atoms with E-state index in [1.165, 1.54) is 7.11 Å². The molecule has 1 aromatic rings. The Kier molecular flexibility index (Phi) is 9.86. The van der Waals surface area contributed by atoms with Crippen molar-refractivity contribution in [2.75, 3.05) is 13.7 Å². The summed E-state index contributed by atoms with van der Waals surface area (Å²) in [6.07, 6.45) is -0.225. The van der Waals surface area contributed by atoms with Crippen LogP contribution in [0.4, 0.5) is 0 Å². The van der Waals surface area contributed by atoms with E-state index in [4.69, 9.17) is 14.2 Å². The van der Waals surface area contributed by atoms with Gasteiger partial charge in [-0.3, -0.25) is 9.59 Å². The number of fused-ring (bicyclic) bond motifs is 1. The number of H-pyrrole nitrogens is 1. The molecule has 0 radical (unpaired) electrons. The molecule has 7 unspecified atom stereocenters. The number of ketones is 1. The fraction of sp³-hybridized carbons (Fsp3) is 0.760. The Balaban J connectivity index is 1.43. The number of Topliss-reactive ketones (excluding diaryl/α,β-unsaturated/α-hetero) is 1. The highest BCUT2D eigenvalue weighted by Crippen LogP contribution is 2.34. The molecule has 0 bridgehead atoms. The number of aromatic nitrogens is 1. The minimum Gasteiger partial charge on any atom is -0.491 e. The lowest BCUT2D eigenvalue weighted by molar-refractivity contribution is -0.310. The number of aromatic amines is 1. The third-order valence-corrected chi connectivity index (χ3v) is 7.11. The van der Waals surface area contributed by atoms with Gasteiger partial charge in [0, 0.05) is 12.0 Å². The number of nitrogens with one attached hydrogen (secondary N) is 1. The van der Waals surface area contributed by atoms with E-state index < -0.39 is 37.3 Å². The van der Waals surface area contributed by atoms with Gasteiger partial charge in [0.25, 0.3) is 0 Å². The number of carbonyl (C=O) groups is 1. The van der Waals surface area contributed by atoms with Crippen LogP contribution in [0, 0.1) is 6.92 Å². The van der Waals surface area contributed by atoms with Gasteiger partial charge >= 0.3 is 0 Å². The zero-order chi connectivity index (χ0) is 25.7. The van der Waals surface area contributed by atoms with Crippen molar-refractivity contribution in [3.63, 3.8) is 0 Å². The minimum atomic E-state index is -1.45. The predicted molar refractivity (Wildman–Crippen MR) is 127 cm³/mol. The molecule has 2 aliphatic rings. The van der Waals surface area contributed by atoms with Gasteiger partial charge in [0.15, 0.2) is 17.8 Å². The summed E-state index contributed by atoms with van der Waals surface area (Å²) in [7, 11) is 1.46. The van der Waals surface area contributed by atoms with Crippen molar-refractivity contribution in [2.45, 2.75) is 108 Å².